The first-order valence-electron chi connectivity index (χ1n) is 4.29. The van der Waals surface area contributed by atoms with Crippen LogP contribution in [0.4, 0.5) is 9.52 Å². The molecule has 1 aromatic carbocycles. The molecule has 0 bridgehead atoms. The second-order valence-corrected chi connectivity index (χ2v) is 3.62. The van der Waals surface area contributed by atoms with Crippen LogP contribution < -0.4 is 5.43 Å². The molecule has 0 spiro atoms. The summed E-state index contributed by atoms with van der Waals surface area (Å²) < 4.78 is 13.1. The fourth-order valence-electron chi connectivity index (χ4n) is 1.02. The summed E-state index contributed by atoms with van der Waals surface area (Å²) in [5.74, 6) is -0.290. The molecule has 0 aliphatic carbocycles. The predicted molar refractivity (Wildman–Crippen MR) is 59.7 cm³/mol. The fourth-order valence-corrected chi connectivity index (χ4v) is 1.49. The molecule has 0 fully saturated rings. The van der Waals surface area contributed by atoms with Gasteiger partial charge in [-0.25, -0.2) is 9.37 Å². The molecular formula is C10H8FN3S. The molecule has 1 aromatic heterocycles. The molecule has 0 aliphatic rings. The first kappa shape index (κ1) is 9.79. The minimum atomic E-state index is -0.290. The zero-order chi connectivity index (χ0) is 10.5. The van der Waals surface area contributed by atoms with Gasteiger partial charge in [-0.1, -0.05) is 18.2 Å². The van der Waals surface area contributed by atoms with Crippen molar-refractivity contribution in [3.8, 4) is 0 Å². The van der Waals surface area contributed by atoms with E-state index < -0.39 is 0 Å². The molecule has 1 N–H and O–H groups in total. The van der Waals surface area contributed by atoms with Crippen molar-refractivity contribution in [3.05, 3.63) is 47.2 Å². The maximum absolute atomic E-state index is 13.1. The normalized spacial score (nSPS) is 10.7. The van der Waals surface area contributed by atoms with E-state index >= 15 is 0 Å². The van der Waals surface area contributed by atoms with Gasteiger partial charge in [-0.3, -0.25) is 5.43 Å². The molecule has 0 unspecified atom stereocenters. The van der Waals surface area contributed by atoms with Gasteiger partial charge >= 0.3 is 0 Å². The van der Waals surface area contributed by atoms with Crippen molar-refractivity contribution >= 4 is 22.7 Å². The van der Waals surface area contributed by atoms with Crippen LogP contribution in [0.15, 0.2) is 40.9 Å². The Kier molecular flexibility index (Phi) is 3.04. The van der Waals surface area contributed by atoms with Crippen molar-refractivity contribution in [2.75, 3.05) is 5.43 Å². The summed E-state index contributed by atoms with van der Waals surface area (Å²) in [6.45, 7) is 0. The van der Waals surface area contributed by atoms with Crippen LogP contribution in [-0.2, 0) is 0 Å². The predicted octanol–water partition coefficient (Wildman–Crippen LogP) is 2.73. The number of nitrogens with zero attached hydrogens (tertiary/aromatic N) is 2. The first-order valence-corrected chi connectivity index (χ1v) is 5.17. The van der Waals surface area contributed by atoms with Crippen molar-refractivity contribution in [3.63, 3.8) is 0 Å². The summed E-state index contributed by atoms with van der Waals surface area (Å²) in [6.07, 6.45) is 3.10. The van der Waals surface area contributed by atoms with E-state index in [4.69, 9.17) is 0 Å². The van der Waals surface area contributed by atoms with Gasteiger partial charge in [-0.05, 0) is 6.07 Å². The number of benzene rings is 1. The Labute approximate surface area is 90.3 Å². The lowest BCUT2D eigenvalue weighted by Gasteiger charge is -1.95. The number of anilines is 1. The molecule has 2 aromatic rings. The van der Waals surface area contributed by atoms with E-state index in [0.717, 1.165) is 0 Å². The Bertz CT molecular complexity index is 453. The smallest absolute Gasteiger partial charge is 0.203 e. The van der Waals surface area contributed by atoms with Crippen molar-refractivity contribution in [1.82, 2.24) is 4.98 Å². The molecule has 15 heavy (non-hydrogen) atoms. The van der Waals surface area contributed by atoms with E-state index in [2.05, 4.69) is 15.5 Å². The molecule has 0 aliphatic heterocycles. The highest BCUT2D eigenvalue weighted by atomic mass is 32.1. The third-order valence-electron chi connectivity index (χ3n) is 1.70. The minimum absolute atomic E-state index is 0.290. The minimum Gasteiger partial charge on any atom is -0.253 e. The van der Waals surface area contributed by atoms with E-state index in [-0.39, 0.29) is 5.82 Å². The summed E-state index contributed by atoms with van der Waals surface area (Å²) in [5.41, 5.74) is 3.16. The second-order valence-electron chi connectivity index (χ2n) is 2.73. The quantitative estimate of drug-likeness (QED) is 0.639. The van der Waals surface area contributed by atoms with Crippen molar-refractivity contribution in [2.24, 2.45) is 5.10 Å². The summed E-state index contributed by atoms with van der Waals surface area (Å²) in [6, 6.07) is 6.45. The number of rotatable bonds is 3. The highest BCUT2D eigenvalue weighted by Crippen LogP contribution is 2.10. The lowest BCUT2D eigenvalue weighted by atomic mass is 10.2. The van der Waals surface area contributed by atoms with E-state index in [1.54, 1.807) is 24.4 Å². The van der Waals surface area contributed by atoms with Crippen LogP contribution in [0.1, 0.15) is 5.56 Å². The van der Waals surface area contributed by atoms with Crippen LogP contribution in [0.5, 0.6) is 0 Å². The zero-order valence-corrected chi connectivity index (χ0v) is 8.54. The Morgan fingerprint density at radius 1 is 1.40 bits per heavy atom. The third kappa shape index (κ3) is 2.60. The van der Waals surface area contributed by atoms with Crippen LogP contribution in [0.2, 0.25) is 0 Å². The molecule has 0 radical (unpaired) electrons. The average Bonchev–Trinajstić information content (AvgIpc) is 2.74. The molecular weight excluding hydrogens is 213 g/mol. The lowest BCUT2D eigenvalue weighted by Crippen LogP contribution is -1.91. The fraction of sp³-hybridized carbons (Fsp3) is 0. The van der Waals surface area contributed by atoms with Crippen molar-refractivity contribution in [1.29, 1.82) is 0 Å². The Morgan fingerprint density at radius 2 is 2.27 bits per heavy atom. The van der Waals surface area contributed by atoms with Crippen LogP contribution >= 0.6 is 11.3 Å². The van der Waals surface area contributed by atoms with Gasteiger partial charge in [0.05, 0.1) is 6.21 Å². The van der Waals surface area contributed by atoms with Gasteiger partial charge in [0.25, 0.3) is 0 Å². The number of hydrogen-bond acceptors (Lipinski definition) is 4. The SMILES string of the molecule is Fc1ccccc1/C=N/Nc1nccs1. The second kappa shape index (κ2) is 4.65. The molecule has 5 heteroatoms. The van der Waals surface area contributed by atoms with E-state index in [0.29, 0.717) is 10.7 Å². The van der Waals surface area contributed by atoms with E-state index in [1.807, 2.05) is 5.38 Å². The summed E-state index contributed by atoms with van der Waals surface area (Å²) in [4.78, 5) is 3.97. The molecule has 0 saturated heterocycles. The van der Waals surface area contributed by atoms with Gasteiger partial charge in [-0.2, -0.15) is 5.10 Å². The first-order chi connectivity index (χ1) is 7.36. The number of nitrogens with one attached hydrogen (secondary N) is 1. The van der Waals surface area contributed by atoms with Crippen LogP contribution in [-0.4, -0.2) is 11.2 Å². The van der Waals surface area contributed by atoms with Crippen molar-refractivity contribution < 1.29 is 4.39 Å². The Hall–Kier alpha value is -1.75. The molecule has 2 rings (SSSR count). The topological polar surface area (TPSA) is 37.3 Å². The van der Waals surface area contributed by atoms with Crippen molar-refractivity contribution in [2.45, 2.75) is 0 Å². The number of hydrazone groups is 1. The molecule has 1 heterocycles. The number of hydrogen-bond donors (Lipinski definition) is 1. The summed E-state index contributed by atoms with van der Waals surface area (Å²) >= 11 is 1.43. The van der Waals surface area contributed by atoms with Gasteiger partial charge in [0, 0.05) is 17.1 Å². The Balaban J connectivity index is 2.03. The number of halogens is 1. The Morgan fingerprint density at radius 3 is 3.00 bits per heavy atom. The van der Waals surface area contributed by atoms with Gasteiger partial charge in [0.15, 0.2) is 0 Å². The molecule has 0 saturated carbocycles. The zero-order valence-electron chi connectivity index (χ0n) is 7.72. The van der Waals surface area contributed by atoms with Crippen LogP contribution in [0.3, 0.4) is 0 Å². The maximum Gasteiger partial charge on any atom is 0.203 e. The summed E-state index contributed by atoms with van der Waals surface area (Å²) in [5, 5.41) is 6.40. The third-order valence-corrected chi connectivity index (χ3v) is 2.38. The monoisotopic (exact) mass is 221 g/mol. The van der Waals surface area contributed by atoms with Gasteiger partial charge in [-0.15, -0.1) is 11.3 Å². The largest absolute Gasteiger partial charge is 0.253 e. The maximum atomic E-state index is 13.1. The standard InChI is InChI=1S/C10H8FN3S/c11-9-4-2-1-3-8(9)7-13-14-10-12-5-6-15-10/h1-7H,(H,12,14)/b13-7+. The number of thiazole rings is 1. The van der Waals surface area contributed by atoms with Crippen LogP contribution in [0.25, 0.3) is 0 Å². The van der Waals surface area contributed by atoms with Gasteiger partial charge in [0.2, 0.25) is 5.13 Å². The van der Waals surface area contributed by atoms with E-state index in [9.17, 15) is 4.39 Å². The van der Waals surface area contributed by atoms with Gasteiger partial charge in [0.1, 0.15) is 5.82 Å². The molecule has 3 nitrogen and oxygen atoms in total. The lowest BCUT2D eigenvalue weighted by molar-refractivity contribution is 0.626. The van der Waals surface area contributed by atoms with E-state index in [1.165, 1.54) is 23.6 Å². The molecule has 76 valence electrons. The average molecular weight is 221 g/mol. The highest BCUT2D eigenvalue weighted by Gasteiger charge is 1.95. The summed E-state index contributed by atoms with van der Waals surface area (Å²) in [7, 11) is 0. The van der Waals surface area contributed by atoms with Gasteiger partial charge < -0.3 is 0 Å². The molecule has 0 amide bonds. The number of aromatic nitrogens is 1. The highest BCUT2D eigenvalue weighted by molar-refractivity contribution is 7.13. The van der Waals surface area contributed by atoms with Crippen LogP contribution in [0, 0.1) is 5.82 Å². The molecule has 0 atom stereocenters.